The van der Waals surface area contributed by atoms with Crippen molar-refractivity contribution in [2.75, 3.05) is 4.90 Å². The Balaban J connectivity index is 1.20. The van der Waals surface area contributed by atoms with Crippen molar-refractivity contribution in [2.24, 2.45) is 23.7 Å². The Bertz CT molecular complexity index is 1800. The molecule has 1 aromatic heterocycles. The predicted molar refractivity (Wildman–Crippen MR) is 163 cm³/mol. The van der Waals surface area contributed by atoms with E-state index in [1.54, 1.807) is 79.7 Å². The lowest BCUT2D eigenvalue weighted by atomic mass is 9.85. The van der Waals surface area contributed by atoms with Crippen LogP contribution in [-0.2, 0) is 14.3 Å². The van der Waals surface area contributed by atoms with Crippen LogP contribution >= 0.6 is 11.6 Å². The summed E-state index contributed by atoms with van der Waals surface area (Å²) in [5.74, 6) is -1.51. The fraction of sp³-hybridized carbons (Fsp3) is 0.229. The molecular weight excluding hydrogens is 564 g/mol. The highest BCUT2D eigenvalue weighted by Crippen LogP contribution is 2.53. The van der Waals surface area contributed by atoms with E-state index in [4.69, 9.17) is 21.3 Å². The zero-order chi connectivity index (χ0) is 29.8. The van der Waals surface area contributed by atoms with Crippen LogP contribution in [0.3, 0.4) is 0 Å². The summed E-state index contributed by atoms with van der Waals surface area (Å²) in [5, 5.41) is 0.864. The molecule has 2 amide bonds. The summed E-state index contributed by atoms with van der Waals surface area (Å²) >= 11 is 6.52. The van der Waals surface area contributed by atoms with Crippen LogP contribution in [-0.4, -0.2) is 34.7 Å². The first-order chi connectivity index (χ1) is 20.9. The first kappa shape index (κ1) is 27.2. The molecule has 2 aliphatic carbocycles. The van der Waals surface area contributed by atoms with Gasteiger partial charge in [0.2, 0.25) is 17.6 Å². The van der Waals surface area contributed by atoms with Gasteiger partial charge < -0.3 is 4.74 Å². The van der Waals surface area contributed by atoms with Gasteiger partial charge in [-0.25, -0.2) is 9.78 Å². The van der Waals surface area contributed by atoms with Crippen molar-refractivity contribution < 1.29 is 23.9 Å². The minimum Gasteiger partial charge on any atom is -0.450 e. The van der Waals surface area contributed by atoms with E-state index in [2.05, 4.69) is 12.2 Å². The number of Topliss-reactive ketones (excluding diaryl/α,β-unsaturated/α-hetero) is 1. The zero-order valence-electron chi connectivity index (χ0n) is 23.3. The van der Waals surface area contributed by atoms with Gasteiger partial charge in [-0.05, 0) is 48.9 Å². The van der Waals surface area contributed by atoms with Crippen molar-refractivity contribution in [3.63, 3.8) is 0 Å². The van der Waals surface area contributed by atoms with Gasteiger partial charge >= 0.3 is 5.97 Å². The van der Waals surface area contributed by atoms with Gasteiger partial charge in [0.1, 0.15) is 0 Å². The molecule has 2 fully saturated rings. The Morgan fingerprint density at radius 2 is 1.60 bits per heavy atom. The number of carbonyl (C=O) groups is 4. The highest BCUT2D eigenvalue weighted by Gasteiger charge is 2.59. The second-order valence-corrected chi connectivity index (χ2v) is 11.7. The van der Waals surface area contributed by atoms with Gasteiger partial charge in [0.05, 0.1) is 39.3 Å². The zero-order valence-corrected chi connectivity index (χ0v) is 24.0. The molecule has 4 aromatic rings. The fourth-order valence-corrected chi connectivity index (χ4v) is 6.99. The third-order valence-corrected chi connectivity index (χ3v) is 9.18. The molecule has 7 nitrogen and oxygen atoms in total. The number of esters is 1. The Morgan fingerprint density at radius 3 is 2.26 bits per heavy atom. The van der Waals surface area contributed by atoms with E-state index in [0.717, 1.165) is 6.42 Å². The molecule has 7 rings (SSSR count). The van der Waals surface area contributed by atoms with Crippen LogP contribution in [0.15, 0.2) is 91.0 Å². The summed E-state index contributed by atoms with van der Waals surface area (Å²) in [6.07, 6.45) is 4.37. The molecule has 0 radical (unpaired) electrons. The van der Waals surface area contributed by atoms with E-state index in [1.165, 1.54) is 4.90 Å². The number of amides is 2. The number of nitrogens with zero attached hydrogens (tertiary/aromatic N) is 2. The lowest BCUT2D eigenvalue weighted by molar-refractivity contribution is -0.123. The van der Waals surface area contributed by atoms with Crippen molar-refractivity contribution in [3.05, 3.63) is 107 Å². The van der Waals surface area contributed by atoms with Crippen molar-refractivity contribution in [3.8, 4) is 11.3 Å². The summed E-state index contributed by atoms with van der Waals surface area (Å²) < 4.78 is 5.76. The van der Waals surface area contributed by atoms with E-state index in [-0.39, 0.29) is 46.8 Å². The molecule has 214 valence electrons. The topological polar surface area (TPSA) is 93.6 Å². The van der Waals surface area contributed by atoms with Gasteiger partial charge in [0.15, 0.2) is 6.10 Å². The summed E-state index contributed by atoms with van der Waals surface area (Å²) in [7, 11) is 0. The Kier molecular flexibility index (Phi) is 6.70. The molecule has 8 heteroatoms. The van der Waals surface area contributed by atoms with Gasteiger partial charge in [0.25, 0.3) is 0 Å². The summed E-state index contributed by atoms with van der Waals surface area (Å²) in [5.41, 5.74) is 2.74. The molecule has 5 unspecified atom stereocenters. The third-order valence-electron chi connectivity index (χ3n) is 8.87. The summed E-state index contributed by atoms with van der Waals surface area (Å²) in [6, 6.07) is 22.5. The standard InChI is InChI=1S/C35H27ClN2O5/c1-2-28(32(39)20-7-4-3-5-8-20)43-35(42)25-18-27(37-31-24(25)9-6-10-26(31)36)19-13-15-23(16-14-19)38-33(40)29-21-11-12-22(17-21)30(29)34(38)41/h3-16,18,21-22,28-30H,2,17H2,1H3. The molecule has 1 saturated heterocycles. The highest BCUT2D eigenvalue weighted by atomic mass is 35.5. The van der Waals surface area contributed by atoms with Crippen LogP contribution in [0.2, 0.25) is 5.02 Å². The lowest BCUT2D eigenvalue weighted by Gasteiger charge is -2.18. The molecule has 0 N–H and O–H groups in total. The third kappa shape index (κ3) is 4.46. The number of hydrogen-bond donors (Lipinski definition) is 0. The maximum atomic E-state index is 13.6. The maximum Gasteiger partial charge on any atom is 0.339 e. The number of ether oxygens (including phenoxy) is 1. The van der Waals surface area contributed by atoms with E-state index < -0.39 is 12.1 Å². The van der Waals surface area contributed by atoms with E-state index in [0.29, 0.717) is 44.9 Å². The van der Waals surface area contributed by atoms with Crippen LogP contribution < -0.4 is 4.90 Å². The number of ketones is 1. The number of pyridine rings is 1. The number of fused-ring (bicyclic) bond motifs is 6. The Morgan fingerprint density at radius 1 is 0.930 bits per heavy atom. The lowest BCUT2D eigenvalue weighted by Crippen LogP contribution is -2.32. The van der Waals surface area contributed by atoms with Gasteiger partial charge in [-0.1, -0.05) is 85.3 Å². The maximum absolute atomic E-state index is 13.6. The van der Waals surface area contributed by atoms with Crippen LogP contribution in [0.5, 0.6) is 0 Å². The highest BCUT2D eigenvalue weighted by molar-refractivity contribution is 6.35. The van der Waals surface area contributed by atoms with Crippen LogP contribution in [0.1, 0.15) is 40.5 Å². The number of allylic oxidation sites excluding steroid dienone is 2. The van der Waals surface area contributed by atoms with Gasteiger partial charge in [0, 0.05) is 16.5 Å². The molecule has 3 aromatic carbocycles. The molecule has 2 bridgehead atoms. The number of para-hydroxylation sites is 1. The number of benzene rings is 3. The van der Waals surface area contributed by atoms with E-state index >= 15 is 0 Å². The minimum absolute atomic E-state index is 0.135. The number of hydrogen-bond acceptors (Lipinski definition) is 6. The van der Waals surface area contributed by atoms with Gasteiger partial charge in [-0.3, -0.25) is 19.3 Å². The van der Waals surface area contributed by atoms with Gasteiger partial charge in [-0.2, -0.15) is 0 Å². The Labute approximate surface area is 253 Å². The normalized spacial score (nSPS) is 22.7. The smallest absolute Gasteiger partial charge is 0.339 e. The van der Waals surface area contributed by atoms with Crippen LogP contribution in [0, 0.1) is 23.7 Å². The molecule has 0 spiro atoms. The minimum atomic E-state index is -0.958. The average molecular weight is 591 g/mol. The first-order valence-electron chi connectivity index (χ1n) is 14.4. The number of anilines is 1. The number of imide groups is 1. The number of carbonyl (C=O) groups excluding carboxylic acids is 4. The first-order valence-corrected chi connectivity index (χ1v) is 14.8. The van der Waals surface area contributed by atoms with Crippen molar-refractivity contribution >= 4 is 51.8 Å². The molecule has 1 saturated carbocycles. The van der Waals surface area contributed by atoms with E-state index in [9.17, 15) is 19.2 Å². The number of halogens is 1. The average Bonchev–Trinajstić information content (AvgIpc) is 3.73. The molecule has 1 aliphatic heterocycles. The van der Waals surface area contributed by atoms with Crippen molar-refractivity contribution in [1.82, 2.24) is 4.98 Å². The summed E-state index contributed by atoms with van der Waals surface area (Å²) in [4.78, 5) is 59.2. The predicted octanol–water partition coefficient (Wildman–Crippen LogP) is 6.69. The quantitative estimate of drug-likeness (QED) is 0.103. The van der Waals surface area contributed by atoms with Crippen LogP contribution in [0.4, 0.5) is 5.69 Å². The molecule has 43 heavy (non-hydrogen) atoms. The van der Waals surface area contributed by atoms with Crippen molar-refractivity contribution in [1.29, 1.82) is 0 Å². The van der Waals surface area contributed by atoms with Gasteiger partial charge in [-0.15, -0.1) is 0 Å². The molecule has 2 heterocycles. The van der Waals surface area contributed by atoms with Crippen LogP contribution in [0.25, 0.3) is 22.2 Å². The number of rotatable bonds is 7. The molecule has 3 aliphatic rings. The van der Waals surface area contributed by atoms with Crippen molar-refractivity contribution in [2.45, 2.75) is 25.9 Å². The SMILES string of the molecule is CCC(OC(=O)c1cc(-c2ccc(N3C(=O)C4C5C=CC(C5)C4C3=O)cc2)nc2c(Cl)cccc12)C(=O)c1ccccc1. The monoisotopic (exact) mass is 590 g/mol. The largest absolute Gasteiger partial charge is 0.450 e. The summed E-state index contributed by atoms with van der Waals surface area (Å²) in [6.45, 7) is 1.79. The fourth-order valence-electron chi connectivity index (χ4n) is 6.77. The second kappa shape index (κ2) is 10.6. The van der Waals surface area contributed by atoms with E-state index in [1.807, 2.05) is 6.07 Å². The Hall–Kier alpha value is -4.62. The molecular formula is C35H27ClN2O5. The number of aromatic nitrogens is 1. The molecule has 5 atom stereocenters. The second-order valence-electron chi connectivity index (χ2n) is 11.3.